The van der Waals surface area contributed by atoms with Crippen molar-refractivity contribution in [2.75, 3.05) is 43.1 Å². The Hall–Kier alpha value is -3.06. The van der Waals surface area contributed by atoms with Crippen LogP contribution in [0.1, 0.15) is 20.8 Å². The van der Waals surface area contributed by atoms with Crippen LogP contribution < -0.4 is 19.7 Å². The second-order valence-corrected chi connectivity index (χ2v) is 7.40. The van der Waals surface area contributed by atoms with Crippen molar-refractivity contribution in [3.05, 3.63) is 48.5 Å². The van der Waals surface area contributed by atoms with Gasteiger partial charge < -0.3 is 19.7 Å². The molecule has 1 N–H and O–H groups in total. The second-order valence-electron chi connectivity index (χ2n) is 7.40. The Balaban J connectivity index is 1.60. The number of hydrogen-bond acceptors (Lipinski definition) is 5. The molecular weight excluding hydrogens is 382 g/mol. The molecule has 2 amide bonds. The maximum absolute atomic E-state index is 13.0. The number of fused-ring (bicyclic) bond motifs is 1. The van der Waals surface area contributed by atoms with Crippen LogP contribution in [0, 0.1) is 0 Å². The highest BCUT2D eigenvalue weighted by molar-refractivity contribution is 5.96. The third-order valence-electron chi connectivity index (χ3n) is 4.82. The Morgan fingerprint density at radius 2 is 1.70 bits per heavy atom. The lowest BCUT2D eigenvalue weighted by Crippen LogP contribution is -2.45. The lowest BCUT2D eigenvalue weighted by molar-refractivity contribution is -0.121. The van der Waals surface area contributed by atoms with Crippen molar-refractivity contribution >= 4 is 23.2 Å². The molecule has 2 aromatic rings. The standard InChI is InChI=1S/C23H29N3O4/c1-4-25(16-23(28)26(17(2)3)19-8-6-5-7-9-19)15-22(27)24-18-10-11-20-21(14-18)30-13-12-29-20/h5-11,14,17H,4,12-13,15-16H2,1-3H3,(H,24,27). The Morgan fingerprint density at radius 1 is 1.00 bits per heavy atom. The fourth-order valence-electron chi connectivity index (χ4n) is 3.39. The summed E-state index contributed by atoms with van der Waals surface area (Å²) in [6, 6.07) is 14.9. The molecule has 0 spiro atoms. The first-order chi connectivity index (χ1) is 14.5. The van der Waals surface area contributed by atoms with Crippen LogP contribution >= 0.6 is 0 Å². The van der Waals surface area contributed by atoms with Gasteiger partial charge in [0.15, 0.2) is 11.5 Å². The number of benzene rings is 2. The third-order valence-corrected chi connectivity index (χ3v) is 4.82. The Kier molecular flexibility index (Phi) is 7.30. The number of carbonyl (C=O) groups excluding carboxylic acids is 2. The predicted molar refractivity (Wildman–Crippen MR) is 117 cm³/mol. The van der Waals surface area contributed by atoms with E-state index in [2.05, 4.69) is 5.32 Å². The molecule has 1 aliphatic heterocycles. The van der Waals surface area contributed by atoms with E-state index in [0.717, 1.165) is 5.69 Å². The minimum atomic E-state index is -0.183. The summed E-state index contributed by atoms with van der Waals surface area (Å²) in [5.74, 6) is 1.08. The molecule has 0 bridgehead atoms. The van der Waals surface area contributed by atoms with Crippen LogP contribution in [-0.2, 0) is 9.59 Å². The molecule has 2 aromatic carbocycles. The van der Waals surface area contributed by atoms with Gasteiger partial charge in [0.25, 0.3) is 0 Å². The van der Waals surface area contributed by atoms with Gasteiger partial charge in [-0.1, -0.05) is 25.1 Å². The first kappa shape index (κ1) is 21.6. The van der Waals surface area contributed by atoms with Crippen molar-refractivity contribution in [2.24, 2.45) is 0 Å². The molecule has 7 heteroatoms. The zero-order chi connectivity index (χ0) is 21.5. The fraction of sp³-hybridized carbons (Fsp3) is 0.391. The number of rotatable bonds is 8. The van der Waals surface area contributed by atoms with E-state index in [9.17, 15) is 9.59 Å². The van der Waals surface area contributed by atoms with Gasteiger partial charge >= 0.3 is 0 Å². The fourth-order valence-corrected chi connectivity index (χ4v) is 3.39. The molecule has 0 aromatic heterocycles. The van der Waals surface area contributed by atoms with Gasteiger partial charge in [0.1, 0.15) is 13.2 Å². The Morgan fingerprint density at radius 3 is 2.37 bits per heavy atom. The molecule has 0 radical (unpaired) electrons. The van der Waals surface area contributed by atoms with E-state index >= 15 is 0 Å². The highest BCUT2D eigenvalue weighted by Gasteiger charge is 2.22. The summed E-state index contributed by atoms with van der Waals surface area (Å²) >= 11 is 0. The van der Waals surface area contributed by atoms with Gasteiger partial charge in [-0.25, -0.2) is 0 Å². The van der Waals surface area contributed by atoms with Gasteiger partial charge in [-0.3, -0.25) is 14.5 Å². The predicted octanol–water partition coefficient (Wildman–Crippen LogP) is 3.16. The van der Waals surface area contributed by atoms with Gasteiger partial charge in [-0.15, -0.1) is 0 Å². The minimum Gasteiger partial charge on any atom is -0.486 e. The molecule has 3 rings (SSSR count). The van der Waals surface area contributed by atoms with Crippen LogP contribution in [0.15, 0.2) is 48.5 Å². The highest BCUT2D eigenvalue weighted by atomic mass is 16.6. The number of nitrogens with zero attached hydrogens (tertiary/aromatic N) is 2. The van der Waals surface area contributed by atoms with Crippen molar-refractivity contribution in [1.29, 1.82) is 0 Å². The number of para-hydroxylation sites is 1. The van der Waals surface area contributed by atoms with E-state index in [4.69, 9.17) is 9.47 Å². The Bertz CT molecular complexity index is 870. The molecule has 0 saturated carbocycles. The van der Waals surface area contributed by atoms with Crippen molar-refractivity contribution in [2.45, 2.75) is 26.8 Å². The largest absolute Gasteiger partial charge is 0.486 e. The molecular formula is C23H29N3O4. The van der Waals surface area contributed by atoms with Crippen LogP contribution in [0.25, 0.3) is 0 Å². The van der Waals surface area contributed by atoms with Crippen LogP contribution in [0.2, 0.25) is 0 Å². The van der Waals surface area contributed by atoms with Crippen molar-refractivity contribution < 1.29 is 19.1 Å². The van der Waals surface area contributed by atoms with E-state index in [1.165, 1.54) is 0 Å². The lowest BCUT2D eigenvalue weighted by Gasteiger charge is -2.29. The average Bonchev–Trinajstić information content (AvgIpc) is 2.73. The van der Waals surface area contributed by atoms with Crippen LogP contribution in [0.4, 0.5) is 11.4 Å². The van der Waals surface area contributed by atoms with E-state index in [0.29, 0.717) is 36.9 Å². The van der Waals surface area contributed by atoms with Crippen molar-refractivity contribution in [3.63, 3.8) is 0 Å². The quantitative estimate of drug-likeness (QED) is 0.723. The van der Waals surface area contributed by atoms with Crippen LogP contribution in [0.5, 0.6) is 11.5 Å². The molecule has 1 aliphatic rings. The van der Waals surface area contributed by atoms with Gasteiger partial charge in [0.05, 0.1) is 13.1 Å². The molecule has 0 aliphatic carbocycles. The van der Waals surface area contributed by atoms with Crippen molar-refractivity contribution in [1.82, 2.24) is 4.90 Å². The molecule has 30 heavy (non-hydrogen) atoms. The highest BCUT2D eigenvalue weighted by Crippen LogP contribution is 2.32. The minimum absolute atomic E-state index is 0.0187. The number of nitrogens with one attached hydrogen (secondary N) is 1. The van der Waals surface area contributed by atoms with Gasteiger partial charge in [-0.05, 0) is 44.7 Å². The van der Waals surface area contributed by atoms with Crippen molar-refractivity contribution in [3.8, 4) is 11.5 Å². The normalized spacial score (nSPS) is 12.7. The average molecular weight is 412 g/mol. The number of hydrogen-bond donors (Lipinski definition) is 1. The number of amides is 2. The molecule has 0 unspecified atom stereocenters. The van der Waals surface area contributed by atoms with E-state index in [1.54, 1.807) is 23.1 Å². The van der Waals surface area contributed by atoms with Gasteiger partial charge in [0, 0.05) is 23.5 Å². The third kappa shape index (κ3) is 5.51. The van der Waals surface area contributed by atoms with E-state index in [-0.39, 0.29) is 30.9 Å². The first-order valence-electron chi connectivity index (χ1n) is 10.3. The van der Waals surface area contributed by atoms with Gasteiger partial charge in [0.2, 0.25) is 11.8 Å². The van der Waals surface area contributed by atoms with Crippen LogP contribution in [0.3, 0.4) is 0 Å². The summed E-state index contributed by atoms with van der Waals surface area (Å²) in [6.07, 6.45) is 0. The first-order valence-corrected chi connectivity index (χ1v) is 10.3. The van der Waals surface area contributed by atoms with Gasteiger partial charge in [-0.2, -0.15) is 0 Å². The maximum Gasteiger partial charge on any atom is 0.241 e. The second kappa shape index (κ2) is 10.1. The molecule has 7 nitrogen and oxygen atoms in total. The monoisotopic (exact) mass is 411 g/mol. The number of ether oxygens (including phenoxy) is 2. The molecule has 0 fully saturated rings. The molecule has 0 atom stereocenters. The lowest BCUT2D eigenvalue weighted by atomic mass is 10.2. The summed E-state index contributed by atoms with van der Waals surface area (Å²) in [7, 11) is 0. The van der Waals surface area contributed by atoms with E-state index in [1.807, 2.05) is 56.0 Å². The summed E-state index contributed by atoms with van der Waals surface area (Å²) in [6.45, 7) is 7.79. The smallest absolute Gasteiger partial charge is 0.241 e. The molecule has 1 heterocycles. The number of carbonyl (C=O) groups is 2. The molecule has 0 saturated heterocycles. The maximum atomic E-state index is 13.0. The topological polar surface area (TPSA) is 71.1 Å². The zero-order valence-electron chi connectivity index (χ0n) is 17.8. The van der Waals surface area contributed by atoms with E-state index < -0.39 is 0 Å². The number of anilines is 2. The summed E-state index contributed by atoms with van der Waals surface area (Å²) in [4.78, 5) is 29.1. The summed E-state index contributed by atoms with van der Waals surface area (Å²) in [5.41, 5.74) is 1.49. The molecule has 160 valence electrons. The Labute approximate surface area is 177 Å². The summed E-state index contributed by atoms with van der Waals surface area (Å²) < 4.78 is 11.1. The summed E-state index contributed by atoms with van der Waals surface area (Å²) in [5, 5.41) is 2.87. The SMILES string of the molecule is CCN(CC(=O)Nc1ccc2c(c1)OCCO2)CC(=O)N(c1ccccc1)C(C)C. The number of likely N-dealkylation sites (N-methyl/N-ethyl adjacent to an activating group) is 1. The zero-order valence-corrected chi connectivity index (χ0v) is 17.8. The van der Waals surface area contributed by atoms with Crippen LogP contribution in [-0.4, -0.2) is 55.6 Å².